The molecule has 4 aromatic heterocycles. The van der Waals surface area contributed by atoms with Gasteiger partial charge in [0.2, 0.25) is 0 Å². The van der Waals surface area contributed by atoms with Crippen molar-refractivity contribution in [3.63, 3.8) is 0 Å². The second-order valence-electron chi connectivity index (χ2n) is 12.3. The second kappa shape index (κ2) is 10.2. The molecule has 10 rings (SSSR count). The zero-order valence-corrected chi connectivity index (χ0v) is 25.9. The lowest BCUT2D eigenvalue weighted by Crippen LogP contribution is -1.97. The molecule has 0 amide bonds. The summed E-state index contributed by atoms with van der Waals surface area (Å²) in [6.07, 6.45) is 1.83. The van der Waals surface area contributed by atoms with Crippen LogP contribution < -0.4 is 0 Å². The van der Waals surface area contributed by atoms with E-state index in [-0.39, 0.29) is 0 Å². The molecule has 0 saturated carbocycles. The first kappa shape index (κ1) is 27.0. The number of hydrogen-bond donors (Lipinski definition) is 0. The monoisotopic (exact) mass is 625 g/mol. The largest absolute Gasteiger partial charge is 0.455 e. The van der Waals surface area contributed by atoms with E-state index in [1.165, 1.54) is 0 Å². The van der Waals surface area contributed by atoms with Crippen LogP contribution in [0.3, 0.4) is 0 Å². The van der Waals surface area contributed by atoms with Gasteiger partial charge >= 0.3 is 0 Å². The summed E-state index contributed by atoms with van der Waals surface area (Å²) in [6, 6.07) is 49.5. The Morgan fingerprint density at radius 1 is 0.510 bits per heavy atom. The normalized spacial score (nSPS) is 11.6. The van der Waals surface area contributed by atoms with Crippen molar-refractivity contribution in [2.24, 2.45) is 0 Å². The summed E-state index contributed by atoms with van der Waals surface area (Å²) < 4.78 is 10.9. The van der Waals surface area contributed by atoms with Gasteiger partial charge in [0.05, 0.1) is 50.7 Å². The zero-order chi connectivity index (χ0) is 32.6. The van der Waals surface area contributed by atoms with E-state index in [0.717, 1.165) is 88.2 Å². The Bertz CT molecular complexity index is 3090. The van der Waals surface area contributed by atoms with Crippen LogP contribution in [-0.2, 0) is 0 Å². The smallest absolute Gasteiger partial charge is 0.147 e. The quantitative estimate of drug-likeness (QED) is 0.196. The van der Waals surface area contributed by atoms with Crippen LogP contribution in [0.25, 0.3) is 88.2 Å². The SMILES string of the molecule is N#Cc1cc(-c2cccc(-n3c4cccnc4c4c5oc6ccccc6c5ccc43)c2)cc(-n2c3ccccc3c3cc(C#N)ccc32)c1. The van der Waals surface area contributed by atoms with E-state index in [4.69, 9.17) is 9.40 Å². The number of hydrogen-bond acceptors (Lipinski definition) is 4. The molecule has 0 saturated heterocycles. The minimum absolute atomic E-state index is 0.561. The van der Waals surface area contributed by atoms with Crippen LogP contribution >= 0.6 is 0 Å². The van der Waals surface area contributed by atoms with Gasteiger partial charge in [0.25, 0.3) is 0 Å². The van der Waals surface area contributed by atoms with Crippen LogP contribution in [-0.4, -0.2) is 14.1 Å². The van der Waals surface area contributed by atoms with Crippen molar-refractivity contribution in [3.05, 3.63) is 151 Å². The first-order chi connectivity index (χ1) is 24.2. The highest BCUT2D eigenvalue weighted by atomic mass is 16.3. The second-order valence-corrected chi connectivity index (χ2v) is 12.3. The molecule has 0 aliphatic heterocycles. The van der Waals surface area contributed by atoms with E-state index < -0.39 is 0 Å². The van der Waals surface area contributed by atoms with Crippen molar-refractivity contribution in [3.8, 4) is 34.6 Å². The number of nitriles is 2. The van der Waals surface area contributed by atoms with E-state index in [2.05, 4.69) is 88.0 Å². The van der Waals surface area contributed by atoms with Gasteiger partial charge in [-0.2, -0.15) is 10.5 Å². The molecule has 0 N–H and O–H groups in total. The summed E-state index contributed by atoms with van der Waals surface area (Å²) in [5, 5.41) is 25.0. The lowest BCUT2D eigenvalue weighted by molar-refractivity contribution is 0.673. The highest BCUT2D eigenvalue weighted by Gasteiger charge is 2.20. The van der Waals surface area contributed by atoms with Crippen molar-refractivity contribution < 1.29 is 4.42 Å². The van der Waals surface area contributed by atoms with Gasteiger partial charge in [-0.1, -0.05) is 48.5 Å². The Labute approximate surface area is 279 Å². The Morgan fingerprint density at radius 3 is 2.16 bits per heavy atom. The summed E-state index contributed by atoms with van der Waals surface area (Å²) in [5.41, 5.74) is 11.5. The van der Waals surface area contributed by atoms with Crippen LogP contribution in [0, 0.1) is 22.7 Å². The average molecular weight is 626 g/mol. The fourth-order valence-corrected chi connectivity index (χ4v) is 7.49. The molecule has 6 heteroatoms. The molecule has 4 heterocycles. The number of fused-ring (bicyclic) bond motifs is 10. The minimum Gasteiger partial charge on any atom is -0.455 e. The van der Waals surface area contributed by atoms with E-state index in [9.17, 15) is 10.5 Å². The molecule has 0 radical (unpaired) electrons. The summed E-state index contributed by atoms with van der Waals surface area (Å²) in [4.78, 5) is 4.84. The van der Waals surface area contributed by atoms with Gasteiger partial charge in [-0.3, -0.25) is 4.98 Å². The van der Waals surface area contributed by atoms with Gasteiger partial charge in [-0.25, -0.2) is 0 Å². The third-order valence-corrected chi connectivity index (χ3v) is 9.57. The highest BCUT2D eigenvalue weighted by molar-refractivity contribution is 6.22. The van der Waals surface area contributed by atoms with Gasteiger partial charge in [-0.05, 0) is 96.1 Å². The van der Waals surface area contributed by atoms with Crippen molar-refractivity contribution in [2.75, 3.05) is 0 Å². The Balaban J connectivity index is 1.19. The van der Waals surface area contributed by atoms with E-state index in [1.54, 1.807) is 0 Å². The first-order valence-electron chi connectivity index (χ1n) is 16.0. The molecule has 0 unspecified atom stereocenters. The standard InChI is InChI=1S/C43H23N5O/c44-24-26-14-16-37-35(21-26)32-9-1-3-11-36(32)48(37)31-20-27(25-45)19-29(23-31)28-7-5-8-30(22-28)47-38-17-15-34-33-10-2-4-13-40(33)49-43(34)41(38)42-39(47)12-6-18-46-42/h1-23H. The molecule has 0 aliphatic carbocycles. The molecule has 6 nitrogen and oxygen atoms in total. The fraction of sp³-hybridized carbons (Fsp3) is 0. The number of furan rings is 1. The summed E-state index contributed by atoms with van der Waals surface area (Å²) in [7, 11) is 0. The van der Waals surface area contributed by atoms with E-state index >= 15 is 0 Å². The van der Waals surface area contributed by atoms with Crippen LogP contribution in [0.1, 0.15) is 11.1 Å². The Morgan fingerprint density at radius 2 is 1.27 bits per heavy atom. The molecule has 226 valence electrons. The lowest BCUT2D eigenvalue weighted by Gasteiger charge is -2.13. The number of aromatic nitrogens is 3. The minimum atomic E-state index is 0.561. The molecule has 0 fully saturated rings. The summed E-state index contributed by atoms with van der Waals surface area (Å²) in [5.74, 6) is 0. The molecule has 0 spiro atoms. The number of pyridine rings is 1. The fourth-order valence-electron chi connectivity index (χ4n) is 7.49. The molecule has 49 heavy (non-hydrogen) atoms. The van der Waals surface area contributed by atoms with Gasteiger partial charge in [0.1, 0.15) is 16.7 Å². The van der Waals surface area contributed by atoms with Crippen LogP contribution in [0.4, 0.5) is 0 Å². The average Bonchev–Trinajstić information content (AvgIpc) is 3.82. The van der Waals surface area contributed by atoms with Gasteiger partial charge in [0, 0.05) is 39.1 Å². The number of para-hydroxylation sites is 2. The van der Waals surface area contributed by atoms with Crippen molar-refractivity contribution in [2.45, 2.75) is 0 Å². The van der Waals surface area contributed by atoms with Crippen LogP contribution in [0.5, 0.6) is 0 Å². The first-order valence-corrected chi connectivity index (χ1v) is 16.0. The Hall–Kier alpha value is -7.15. The third kappa shape index (κ3) is 3.89. The third-order valence-electron chi connectivity index (χ3n) is 9.57. The highest BCUT2D eigenvalue weighted by Crippen LogP contribution is 2.40. The van der Waals surface area contributed by atoms with Crippen molar-refractivity contribution in [1.82, 2.24) is 14.1 Å². The van der Waals surface area contributed by atoms with Gasteiger partial charge in [0.15, 0.2) is 0 Å². The maximum Gasteiger partial charge on any atom is 0.147 e. The molecule has 6 aromatic carbocycles. The predicted molar refractivity (Wildman–Crippen MR) is 195 cm³/mol. The Kier molecular flexibility index (Phi) is 5.61. The number of benzene rings is 6. The van der Waals surface area contributed by atoms with Crippen molar-refractivity contribution >= 4 is 65.7 Å². The lowest BCUT2D eigenvalue weighted by atomic mass is 10.0. The molecule has 0 atom stereocenters. The number of rotatable bonds is 3. The van der Waals surface area contributed by atoms with Gasteiger partial charge in [-0.15, -0.1) is 0 Å². The predicted octanol–water partition coefficient (Wildman–Crippen LogP) is 10.6. The molecule has 10 aromatic rings. The zero-order valence-electron chi connectivity index (χ0n) is 25.9. The van der Waals surface area contributed by atoms with Gasteiger partial charge < -0.3 is 13.6 Å². The molecular formula is C43H23N5O. The van der Waals surface area contributed by atoms with Crippen molar-refractivity contribution in [1.29, 1.82) is 10.5 Å². The summed E-state index contributed by atoms with van der Waals surface area (Å²) in [6.45, 7) is 0. The number of nitrogens with zero attached hydrogens (tertiary/aromatic N) is 5. The van der Waals surface area contributed by atoms with Crippen LogP contribution in [0.2, 0.25) is 0 Å². The molecular weight excluding hydrogens is 603 g/mol. The van der Waals surface area contributed by atoms with E-state index in [1.807, 2.05) is 72.9 Å². The van der Waals surface area contributed by atoms with Crippen LogP contribution in [0.15, 0.2) is 144 Å². The van der Waals surface area contributed by atoms with E-state index in [0.29, 0.717) is 11.1 Å². The molecule has 0 bridgehead atoms. The summed E-state index contributed by atoms with van der Waals surface area (Å²) >= 11 is 0. The molecule has 0 aliphatic rings. The maximum absolute atomic E-state index is 10.2. The maximum atomic E-state index is 10.2. The topological polar surface area (TPSA) is 83.5 Å².